The summed E-state index contributed by atoms with van der Waals surface area (Å²) in [6, 6.07) is 5.70. The molecule has 2 aromatic rings. The molecule has 0 spiro atoms. The van der Waals surface area contributed by atoms with E-state index in [1.165, 1.54) is 11.1 Å². The third-order valence-electron chi connectivity index (χ3n) is 4.18. The van der Waals surface area contributed by atoms with Crippen LogP contribution in [0.25, 0.3) is 0 Å². The van der Waals surface area contributed by atoms with Gasteiger partial charge in [0.25, 0.3) is 5.91 Å². The van der Waals surface area contributed by atoms with Crippen LogP contribution in [0, 0.1) is 6.92 Å². The summed E-state index contributed by atoms with van der Waals surface area (Å²) < 4.78 is 0. The average molecular weight is 327 g/mol. The summed E-state index contributed by atoms with van der Waals surface area (Å²) in [5.74, 6) is 0.596. The number of carbonyl (C=O) groups excluding carboxylic acids is 1. The molecule has 1 amide bonds. The van der Waals surface area contributed by atoms with E-state index in [0.29, 0.717) is 19.5 Å². The molecule has 7 nitrogen and oxygen atoms in total. The number of aromatic nitrogens is 3. The van der Waals surface area contributed by atoms with Crippen LogP contribution in [0.1, 0.15) is 22.6 Å². The van der Waals surface area contributed by atoms with Gasteiger partial charge >= 0.3 is 0 Å². The molecule has 0 aliphatic carbocycles. The van der Waals surface area contributed by atoms with E-state index in [9.17, 15) is 9.90 Å². The van der Waals surface area contributed by atoms with Crippen molar-refractivity contribution in [2.24, 2.45) is 0 Å². The number of aryl methyl sites for hydroxylation is 1. The van der Waals surface area contributed by atoms with Crippen LogP contribution in [0.4, 0.5) is 5.82 Å². The van der Waals surface area contributed by atoms with Crippen LogP contribution < -0.4 is 4.90 Å². The van der Waals surface area contributed by atoms with E-state index < -0.39 is 5.60 Å². The van der Waals surface area contributed by atoms with Crippen LogP contribution in [0.2, 0.25) is 0 Å². The summed E-state index contributed by atoms with van der Waals surface area (Å²) in [7, 11) is 1.67. The van der Waals surface area contributed by atoms with Crippen molar-refractivity contribution < 1.29 is 9.90 Å². The highest BCUT2D eigenvalue weighted by molar-refractivity contribution is 5.91. The van der Waals surface area contributed by atoms with Gasteiger partial charge in [0.05, 0.1) is 18.4 Å². The Kier molecular flexibility index (Phi) is 4.44. The Labute approximate surface area is 141 Å². The predicted molar refractivity (Wildman–Crippen MR) is 89.7 cm³/mol. The molecule has 3 rings (SSSR count). The third kappa shape index (κ3) is 3.51. The van der Waals surface area contributed by atoms with E-state index in [1.807, 2.05) is 30.0 Å². The van der Waals surface area contributed by atoms with Crippen LogP contribution in [0.5, 0.6) is 0 Å². The lowest BCUT2D eigenvalue weighted by molar-refractivity contribution is 0.0261. The van der Waals surface area contributed by atoms with Gasteiger partial charge in [0, 0.05) is 32.5 Å². The fourth-order valence-corrected chi connectivity index (χ4v) is 2.93. The lowest BCUT2D eigenvalue weighted by Gasteiger charge is -2.29. The molecule has 7 heteroatoms. The van der Waals surface area contributed by atoms with E-state index in [4.69, 9.17) is 0 Å². The van der Waals surface area contributed by atoms with Crippen LogP contribution in [-0.2, 0) is 0 Å². The highest BCUT2D eigenvalue weighted by atomic mass is 16.3. The first-order valence-electron chi connectivity index (χ1n) is 7.89. The molecule has 1 aliphatic heterocycles. The van der Waals surface area contributed by atoms with Crippen LogP contribution in [0.15, 0.2) is 36.8 Å². The molecule has 1 aliphatic rings. The quantitative estimate of drug-likeness (QED) is 0.898. The van der Waals surface area contributed by atoms with Crippen molar-refractivity contribution in [3.05, 3.63) is 48.2 Å². The first-order chi connectivity index (χ1) is 11.5. The molecule has 0 unspecified atom stereocenters. The minimum absolute atomic E-state index is 0.241. The van der Waals surface area contributed by atoms with Gasteiger partial charge in [-0.15, -0.1) is 0 Å². The van der Waals surface area contributed by atoms with Gasteiger partial charge < -0.3 is 14.9 Å². The topological polar surface area (TPSA) is 82.5 Å². The van der Waals surface area contributed by atoms with Gasteiger partial charge in [0.15, 0.2) is 0 Å². The zero-order valence-corrected chi connectivity index (χ0v) is 13.9. The Hall–Kier alpha value is -2.54. The molecule has 126 valence electrons. The summed E-state index contributed by atoms with van der Waals surface area (Å²) in [6.45, 7) is 3.21. The number of carbonyl (C=O) groups is 1. The molecular weight excluding hydrogens is 306 g/mol. The van der Waals surface area contributed by atoms with Crippen molar-refractivity contribution >= 4 is 11.7 Å². The normalized spacial score (nSPS) is 20.2. The zero-order chi connectivity index (χ0) is 17.2. The van der Waals surface area contributed by atoms with Crippen molar-refractivity contribution in [3.8, 4) is 0 Å². The van der Waals surface area contributed by atoms with Crippen molar-refractivity contribution in [3.63, 3.8) is 0 Å². The second-order valence-electron chi connectivity index (χ2n) is 6.29. The number of hydrogen-bond donors (Lipinski definition) is 1. The third-order valence-corrected chi connectivity index (χ3v) is 4.18. The monoisotopic (exact) mass is 327 g/mol. The maximum atomic E-state index is 12.4. The van der Waals surface area contributed by atoms with E-state index in [2.05, 4.69) is 15.0 Å². The molecule has 1 atom stereocenters. The zero-order valence-electron chi connectivity index (χ0n) is 13.9. The number of pyridine rings is 1. The first-order valence-corrected chi connectivity index (χ1v) is 7.89. The number of nitrogens with zero attached hydrogens (tertiary/aromatic N) is 5. The Morgan fingerprint density at radius 1 is 1.33 bits per heavy atom. The second kappa shape index (κ2) is 6.52. The van der Waals surface area contributed by atoms with Crippen LogP contribution in [-0.4, -0.2) is 63.1 Å². The van der Waals surface area contributed by atoms with E-state index >= 15 is 0 Å². The highest BCUT2D eigenvalue weighted by Crippen LogP contribution is 2.26. The largest absolute Gasteiger partial charge is 0.386 e. The summed E-state index contributed by atoms with van der Waals surface area (Å²) in [5, 5.41) is 10.8. The maximum Gasteiger partial charge on any atom is 0.273 e. The second-order valence-corrected chi connectivity index (χ2v) is 6.29. The Morgan fingerprint density at radius 3 is 2.83 bits per heavy atom. The van der Waals surface area contributed by atoms with E-state index in [1.54, 1.807) is 19.4 Å². The minimum atomic E-state index is -0.958. The SMILES string of the molecule is Cc1cnc(C(=O)N(C)C[C@]2(O)CCN(c3ccccn3)C2)cn1. The van der Waals surface area contributed by atoms with Gasteiger partial charge in [-0.3, -0.25) is 9.78 Å². The van der Waals surface area contributed by atoms with Gasteiger partial charge in [-0.05, 0) is 25.5 Å². The summed E-state index contributed by atoms with van der Waals surface area (Å²) >= 11 is 0. The van der Waals surface area contributed by atoms with Gasteiger partial charge in [-0.25, -0.2) is 9.97 Å². The first kappa shape index (κ1) is 16.3. The van der Waals surface area contributed by atoms with Gasteiger partial charge in [0.1, 0.15) is 17.1 Å². The number of aliphatic hydroxyl groups is 1. The Balaban J connectivity index is 1.64. The summed E-state index contributed by atoms with van der Waals surface area (Å²) in [4.78, 5) is 28.5. The van der Waals surface area contributed by atoms with E-state index in [0.717, 1.165) is 11.5 Å². The molecule has 1 fully saturated rings. The molecule has 1 saturated heterocycles. The van der Waals surface area contributed by atoms with Crippen LogP contribution >= 0.6 is 0 Å². The molecule has 0 aromatic carbocycles. The van der Waals surface area contributed by atoms with Crippen molar-refractivity contribution in [2.45, 2.75) is 18.9 Å². The minimum Gasteiger partial charge on any atom is -0.386 e. The molecule has 0 saturated carbocycles. The summed E-state index contributed by atoms with van der Waals surface area (Å²) in [6.07, 6.45) is 5.35. The number of hydrogen-bond acceptors (Lipinski definition) is 6. The molecule has 24 heavy (non-hydrogen) atoms. The van der Waals surface area contributed by atoms with E-state index in [-0.39, 0.29) is 18.1 Å². The fourth-order valence-electron chi connectivity index (χ4n) is 2.93. The molecule has 2 aromatic heterocycles. The molecule has 0 radical (unpaired) electrons. The summed E-state index contributed by atoms with van der Waals surface area (Å²) in [5.41, 5.74) is 0.0842. The smallest absolute Gasteiger partial charge is 0.273 e. The molecule has 1 N–H and O–H groups in total. The van der Waals surface area contributed by atoms with Crippen molar-refractivity contribution in [1.29, 1.82) is 0 Å². The van der Waals surface area contributed by atoms with Gasteiger partial charge in [-0.2, -0.15) is 0 Å². The Morgan fingerprint density at radius 2 is 2.17 bits per heavy atom. The standard InChI is InChI=1S/C17H21N5O2/c1-13-9-20-14(10-19-13)16(23)21(2)11-17(24)6-8-22(12-17)15-5-3-4-7-18-15/h3-5,7,9-10,24H,6,8,11-12H2,1-2H3/t17-/m1/s1. The fraction of sp³-hybridized carbons (Fsp3) is 0.412. The Bertz CT molecular complexity index is 707. The van der Waals surface area contributed by atoms with Gasteiger partial charge in [0.2, 0.25) is 0 Å². The molecule has 3 heterocycles. The number of amides is 1. The lowest BCUT2D eigenvalue weighted by atomic mass is 10.0. The molecule has 0 bridgehead atoms. The lowest BCUT2D eigenvalue weighted by Crippen LogP contribution is -2.46. The predicted octanol–water partition coefficient (Wildman–Crippen LogP) is 0.893. The number of β-amino-alcohol motifs (C(OH)–C–C–N with tert-alkyl or cyclic N) is 1. The average Bonchev–Trinajstić information content (AvgIpc) is 2.97. The number of anilines is 1. The van der Waals surface area contributed by atoms with Crippen molar-refractivity contribution in [1.82, 2.24) is 19.9 Å². The van der Waals surface area contributed by atoms with Gasteiger partial charge in [-0.1, -0.05) is 6.07 Å². The highest BCUT2D eigenvalue weighted by Gasteiger charge is 2.38. The molecular formula is C17H21N5O2. The maximum absolute atomic E-state index is 12.4. The number of likely N-dealkylation sites (N-methyl/N-ethyl adjacent to an activating group) is 1. The number of rotatable bonds is 4. The van der Waals surface area contributed by atoms with Crippen LogP contribution in [0.3, 0.4) is 0 Å². The van der Waals surface area contributed by atoms with Crippen molar-refractivity contribution in [2.75, 3.05) is 31.6 Å².